The molecule has 0 amide bonds. The van der Waals surface area contributed by atoms with Gasteiger partial charge in [0.05, 0.1) is 5.69 Å². The normalized spacial score (nSPS) is 10.7. The smallest absolute Gasteiger partial charge is 0.257 e. The van der Waals surface area contributed by atoms with E-state index in [1.54, 1.807) is 4.68 Å². The van der Waals surface area contributed by atoms with Gasteiger partial charge in [0.1, 0.15) is 0 Å². The lowest BCUT2D eigenvalue weighted by molar-refractivity contribution is 0.745. The van der Waals surface area contributed by atoms with Crippen LogP contribution in [0.25, 0.3) is 5.95 Å². The molecule has 0 aliphatic rings. The molecule has 130 valence electrons. The van der Waals surface area contributed by atoms with Crippen molar-refractivity contribution in [2.24, 2.45) is 0 Å². The second-order valence-corrected chi connectivity index (χ2v) is 5.76. The molecular formula is C18H23N7. The minimum Gasteiger partial charge on any atom is -0.341 e. The van der Waals surface area contributed by atoms with Gasteiger partial charge >= 0.3 is 0 Å². The largest absolute Gasteiger partial charge is 0.341 e. The van der Waals surface area contributed by atoms with Crippen LogP contribution >= 0.6 is 0 Å². The molecule has 2 aromatic heterocycles. The molecule has 2 heterocycles. The Labute approximate surface area is 147 Å². The van der Waals surface area contributed by atoms with Gasteiger partial charge in [-0.1, -0.05) is 18.2 Å². The van der Waals surface area contributed by atoms with Crippen LogP contribution in [0.4, 0.5) is 17.6 Å². The highest BCUT2D eigenvalue weighted by atomic mass is 15.4. The summed E-state index contributed by atoms with van der Waals surface area (Å²) in [5.41, 5.74) is 2.85. The van der Waals surface area contributed by atoms with Crippen molar-refractivity contribution in [3.05, 3.63) is 47.8 Å². The van der Waals surface area contributed by atoms with E-state index in [-0.39, 0.29) is 0 Å². The number of hydrogen-bond donors (Lipinski definition) is 1. The molecule has 0 spiro atoms. The summed E-state index contributed by atoms with van der Waals surface area (Å²) in [6, 6.07) is 11.9. The Morgan fingerprint density at radius 3 is 2.32 bits per heavy atom. The Bertz CT molecular complexity index is 838. The second kappa shape index (κ2) is 7.29. The van der Waals surface area contributed by atoms with Gasteiger partial charge in [0, 0.05) is 24.5 Å². The monoisotopic (exact) mass is 337 g/mol. The Morgan fingerprint density at radius 2 is 1.72 bits per heavy atom. The fourth-order valence-electron chi connectivity index (χ4n) is 2.63. The summed E-state index contributed by atoms with van der Waals surface area (Å²) >= 11 is 0. The van der Waals surface area contributed by atoms with Gasteiger partial charge in [-0.05, 0) is 45.9 Å². The summed E-state index contributed by atoms with van der Waals surface area (Å²) in [7, 11) is 0. The lowest BCUT2D eigenvalue weighted by atomic mass is 10.3. The van der Waals surface area contributed by atoms with Crippen LogP contribution in [0.3, 0.4) is 0 Å². The SMILES string of the molecule is CCN(CC)c1nc(Nc2ccccc2)nc(-n2nc(C)cc2C)n1. The van der Waals surface area contributed by atoms with Gasteiger partial charge in [-0.15, -0.1) is 0 Å². The van der Waals surface area contributed by atoms with E-state index in [4.69, 9.17) is 0 Å². The number of para-hydroxylation sites is 1. The van der Waals surface area contributed by atoms with Crippen LogP contribution in [-0.2, 0) is 0 Å². The van der Waals surface area contributed by atoms with Crippen LogP contribution in [-0.4, -0.2) is 37.8 Å². The molecule has 0 saturated heterocycles. The van der Waals surface area contributed by atoms with Crippen molar-refractivity contribution in [3.63, 3.8) is 0 Å². The van der Waals surface area contributed by atoms with Crippen LogP contribution in [0, 0.1) is 13.8 Å². The minimum atomic E-state index is 0.505. The maximum absolute atomic E-state index is 4.63. The van der Waals surface area contributed by atoms with E-state index < -0.39 is 0 Å². The zero-order chi connectivity index (χ0) is 17.8. The van der Waals surface area contributed by atoms with E-state index in [0.29, 0.717) is 17.8 Å². The number of benzene rings is 1. The Hall–Kier alpha value is -2.96. The standard InChI is InChI=1S/C18H23N7/c1-5-24(6-2)17-20-16(19-15-10-8-7-9-11-15)21-18(22-17)25-14(4)12-13(3)23-25/h7-12H,5-6H2,1-4H3,(H,19,20,21,22). The first kappa shape index (κ1) is 16.9. The van der Waals surface area contributed by atoms with Crippen molar-refractivity contribution in [1.29, 1.82) is 0 Å². The minimum absolute atomic E-state index is 0.505. The molecule has 0 unspecified atom stereocenters. The van der Waals surface area contributed by atoms with Gasteiger partial charge in [-0.2, -0.15) is 20.1 Å². The third-order valence-electron chi connectivity index (χ3n) is 3.89. The molecule has 7 nitrogen and oxygen atoms in total. The number of rotatable bonds is 6. The Morgan fingerprint density at radius 1 is 1.00 bits per heavy atom. The fraction of sp³-hybridized carbons (Fsp3) is 0.333. The third kappa shape index (κ3) is 3.76. The topological polar surface area (TPSA) is 71.8 Å². The van der Waals surface area contributed by atoms with Gasteiger partial charge in [0.15, 0.2) is 0 Å². The number of anilines is 3. The second-order valence-electron chi connectivity index (χ2n) is 5.76. The molecule has 0 aliphatic carbocycles. The molecule has 3 rings (SSSR count). The third-order valence-corrected chi connectivity index (χ3v) is 3.89. The van der Waals surface area contributed by atoms with E-state index in [2.05, 4.69) is 44.1 Å². The highest BCUT2D eigenvalue weighted by molar-refractivity contribution is 5.54. The molecule has 1 N–H and O–H groups in total. The first-order chi connectivity index (χ1) is 12.1. The van der Waals surface area contributed by atoms with Crippen molar-refractivity contribution in [3.8, 4) is 5.95 Å². The van der Waals surface area contributed by atoms with Crippen LogP contribution in [0.5, 0.6) is 0 Å². The molecule has 0 aliphatic heterocycles. The van der Waals surface area contributed by atoms with E-state index in [1.807, 2.05) is 50.2 Å². The zero-order valence-corrected chi connectivity index (χ0v) is 15.1. The van der Waals surface area contributed by atoms with Crippen LogP contribution < -0.4 is 10.2 Å². The summed E-state index contributed by atoms with van der Waals surface area (Å²) < 4.78 is 1.75. The first-order valence-electron chi connectivity index (χ1n) is 8.47. The van der Waals surface area contributed by atoms with Gasteiger partial charge in [-0.25, -0.2) is 4.68 Å². The number of nitrogens with zero attached hydrogens (tertiary/aromatic N) is 6. The van der Waals surface area contributed by atoms with Gasteiger partial charge in [0.2, 0.25) is 11.9 Å². The van der Waals surface area contributed by atoms with Crippen molar-refractivity contribution in [1.82, 2.24) is 24.7 Å². The van der Waals surface area contributed by atoms with Gasteiger partial charge in [0.25, 0.3) is 5.95 Å². The summed E-state index contributed by atoms with van der Waals surface area (Å²) in [4.78, 5) is 15.9. The highest BCUT2D eigenvalue weighted by Crippen LogP contribution is 2.18. The lowest BCUT2D eigenvalue weighted by Crippen LogP contribution is -2.25. The summed E-state index contributed by atoms with van der Waals surface area (Å²) in [6.07, 6.45) is 0. The van der Waals surface area contributed by atoms with E-state index in [0.717, 1.165) is 30.2 Å². The quantitative estimate of drug-likeness (QED) is 0.744. The molecule has 25 heavy (non-hydrogen) atoms. The number of nitrogens with one attached hydrogen (secondary N) is 1. The van der Waals surface area contributed by atoms with Gasteiger partial charge < -0.3 is 10.2 Å². The molecule has 0 atom stereocenters. The molecule has 3 aromatic rings. The zero-order valence-electron chi connectivity index (χ0n) is 15.1. The van der Waals surface area contributed by atoms with Crippen molar-refractivity contribution >= 4 is 17.6 Å². The molecular weight excluding hydrogens is 314 g/mol. The maximum Gasteiger partial charge on any atom is 0.257 e. The highest BCUT2D eigenvalue weighted by Gasteiger charge is 2.14. The molecule has 0 bridgehead atoms. The van der Waals surface area contributed by atoms with Crippen LogP contribution in [0.2, 0.25) is 0 Å². The Balaban J connectivity index is 2.06. The van der Waals surface area contributed by atoms with Crippen molar-refractivity contribution in [2.75, 3.05) is 23.3 Å². The van der Waals surface area contributed by atoms with E-state index in [9.17, 15) is 0 Å². The van der Waals surface area contributed by atoms with Crippen LogP contribution in [0.1, 0.15) is 25.2 Å². The van der Waals surface area contributed by atoms with Crippen molar-refractivity contribution < 1.29 is 0 Å². The number of hydrogen-bond acceptors (Lipinski definition) is 6. The lowest BCUT2D eigenvalue weighted by Gasteiger charge is -2.19. The predicted octanol–water partition coefficient (Wildman–Crippen LogP) is 3.26. The molecule has 0 fully saturated rings. The van der Waals surface area contributed by atoms with E-state index in [1.165, 1.54) is 0 Å². The first-order valence-corrected chi connectivity index (χ1v) is 8.47. The fourth-order valence-corrected chi connectivity index (χ4v) is 2.63. The van der Waals surface area contributed by atoms with Crippen molar-refractivity contribution in [2.45, 2.75) is 27.7 Å². The summed E-state index contributed by atoms with van der Waals surface area (Å²) in [6.45, 7) is 9.76. The average Bonchev–Trinajstić information content (AvgIpc) is 2.95. The Kier molecular flexibility index (Phi) is 4.92. The number of aromatic nitrogens is 5. The van der Waals surface area contributed by atoms with Gasteiger partial charge in [-0.3, -0.25) is 0 Å². The molecule has 1 aromatic carbocycles. The maximum atomic E-state index is 4.63. The molecule has 0 saturated carbocycles. The molecule has 7 heteroatoms. The summed E-state index contributed by atoms with van der Waals surface area (Å²) in [5, 5.41) is 7.75. The number of aryl methyl sites for hydroxylation is 2. The average molecular weight is 337 g/mol. The summed E-state index contributed by atoms with van der Waals surface area (Å²) in [5.74, 6) is 1.66. The predicted molar refractivity (Wildman–Crippen MR) is 99.7 cm³/mol. The van der Waals surface area contributed by atoms with Crippen LogP contribution in [0.15, 0.2) is 36.4 Å². The molecule has 0 radical (unpaired) electrons. The van der Waals surface area contributed by atoms with E-state index >= 15 is 0 Å².